The van der Waals surface area contributed by atoms with E-state index < -0.39 is 18.5 Å². The van der Waals surface area contributed by atoms with Crippen LogP contribution in [0.1, 0.15) is 41.0 Å². The Labute approximate surface area is 151 Å². The average molecular weight is 365 g/mol. The van der Waals surface area contributed by atoms with Crippen LogP contribution in [0.25, 0.3) is 0 Å². The number of hydrogen-bond acceptors (Lipinski definition) is 5. The Hall–Kier alpha value is -2.34. The van der Waals surface area contributed by atoms with Crippen molar-refractivity contribution >= 4 is 23.5 Å². The highest BCUT2D eigenvalue weighted by Gasteiger charge is 2.23. The van der Waals surface area contributed by atoms with E-state index in [1.807, 2.05) is 31.2 Å². The van der Waals surface area contributed by atoms with Crippen LogP contribution in [0.15, 0.2) is 24.3 Å². The molecule has 0 saturated heterocycles. The first-order valence-corrected chi connectivity index (χ1v) is 8.30. The number of aromatic nitrogens is 2. The van der Waals surface area contributed by atoms with E-state index >= 15 is 0 Å². The molecule has 0 bridgehead atoms. The summed E-state index contributed by atoms with van der Waals surface area (Å²) in [5.41, 5.74) is 2.77. The summed E-state index contributed by atoms with van der Waals surface area (Å²) in [6.07, 6.45) is -0.270. The number of nitrogens with zero attached hydrogens (tertiary/aromatic N) is 2. The molecule has 0 atom stereocenters. The van der Waals surface area contributed by atoms with Crippen molar-refractivity contribution in [2.75, 3.05) is 6.61 Å². The van der Waals surface area contributed by atoms with Gasteiger partial charge in [0, 0.05) is 0 Å². The summed E-state index contributed by atoms with van der Waals surface area (Å²) >= 11 is 6.29. The zero-order valence-electron chi connectivity index (χ0n) is 14.7. The first-order valence-electron chi connectivity index (χ1n) is 7.93. The molecule has 6 nitrogen and oxygen atoms in total. The van der Waals surface area contributed by atoms with E-state index in [-0.39, 0.29) is 16.8 Å². The van der Waals surface area contributed by atoms with Crippen molar-refractivity contribution in [2.45, 2.75) is 40.3 Å². The van der Waals surface area contributed by atoms with Crippen molar-refractivity contribution in [2.24, 2.45) is 0 Å². The van der Waals surface area contributed by atoms with Gasteiger partial charge in [0.05, 0.1) is 18.3 Å². The van der Waals surface area contributed by atoms with Crippen LogP contribution in [0.4, 0.5) is 0 Å². The Balaban J connectivity index is 2.09. The fourth-order valence-electron chi connectivity index (χ4n) is 2.25. The van der Waals surface area contributed by atoms with Crippen molar-refractivity contribution in [3.63, 3.8) is 0 Å². The third-order valence-electron chi connectivity index (χ3n) is 3.41. The van der Waals surface area contributed by atoms with Crippen LogP contribution in [0, 0.1) is 13.8 Å². The smallest absolute Gasteiger partial charge is 0.344 e. The van der Waals surface area contributed by atoms with E-state index in [4.69, 9.17) is 21.1 Å². The number of hydrogen-bond donors (Lipinski definition) is 0. The summed E-state index contributed by atoms with van der Waals surface area (Å²) < 4.78 is 11.4. The summed E-state index contributed by atoms with van der Waals surface area (Å²) in [6.45, 7) is 7.08. The molecule has 0 aliphatic heterocycles. The lowest BCUT2D eigenvalue weighted by molar-refractivity contribution is -0.150. The van der Waals surface area contributed by atoms with Gasteiger partial charge < -0.3 is 9.47 Å². The normalized spacial score (nSPS) is 10.8. The Bertz CT molecular complexity index is 766. The van der Waals surface area contributed by atoms with Gasteiger partial charge in [-0.1, -0.05) is 41.4 Å². The minimum atomic E-state index is -0.696. The molecule has 0 spiro atoms. The molecule has 2 rings (SSSR count). The van der Waals surface area contributed by atoms with E-state index in [1.54, 1.807) is 20.8 Å². The highest BCUT2D eigenvalue weighted by molar-refractivity contribution is 6.32. The Kier molecular flexibility index (Phi) is 6.20. The molecule has 1 heterocycles. The lowest BCUT2D eigenvalue weighted by Crippen LogP contribution is -2.20. The fourth-order valence-corrected chi connectivity index (χ4v) is 2.56. The largest absolute Gasteiger partial charge is 0.460 e. The third-order valence-corrected chi connectivity index (χ3v) is 3.79. The van der Waals surface area contributed by atoms with Crippen molar-refractivity contribution in [3.05, 3.63) is 51.8 Å². The molecule has 7 heteroatoms. The van der Waals surface area contributed by atoms with Crippen LogP contribution < -0.4 is 0 Å². The van der Waals surface area contributed by atoms with Gasteiger partial charge in [-0.3, -0.25) is 0 Å². The van der Waals surface area contributed by atoms with Crippen molar-refractivity contribution in [3.8, 4) is 0 Å². The molecule has 0 aliphatic carbocycles. The summed E-state index contributed by atoms with van der Waals surface area (Å²) in [5.74, 6) is -1.30. The maximum atomic E-state index is 12.2. The molecule has 0 amide bonds. The van der Waals surface area contributed by atoms with E-state index in [2.05, 4.69) is 5.10 Å². The molecule has 2 aromatic rings. The third kappa shape index (κ3) is 5.06. The summed E-state index contributed by atoms with van der Waals surface area (Å²) in [7, 11) is 0. The van der Waals surface area contributed by atoms with Gasteiger partial charge in [-0.05, 0) is 33.3 Å². The van der Waals surface area contributed by atoms with E-state index in [0.717, 1.165) is 11.1 Å². The van der Waals surface area contributed by atoms with Crippen LogP contribution in [-0.2, 0) is 20.8 Å². The molecular formula is C18H21ClN2O4. The highest BCUT2D eigenvalue weighted by atomic mass is 35.5. The van der Waals surface area contributed by atoms with Crippen LogP contribution in [0.3, 0.4) is 0 Å². The standard InChI is InChI=1S/C18H21ClN2O4/c1-11(2)25-15(22)10-24-18(23)16-13(4)20-21(17(16)19)9-14-7-5-12(3)6-8-14/h5-8,11H,9-10H2,1-4H3. The molecule has 0 unspecified atom stereocenters. The topological polar surface area (TPSA) is 70.4 Å². The number of halogens is 1. The van der Waals surface area contributed by atoms with Gasteiger partial charge in [0.1, 0.15) is 10.7 Å². The zero-order chi connectivity index (χ0) is 18.6. The fraction of sp³-hybridized carbons (Fsp3) is 0.389. The second-order valence-corrected chi connectivity index (χ2v) is 6.37. The molecule has 0 saturated carbocycles. The first-order chi connectivity index (χ1) is 11.8. The number of benzene rings is 1. The minimum Gasteiger partial charge on any atom is -0.460 e. The van der Waals surface area contributed by atoms with Crippen LogP contribution in [-0.4, -0.2) is 34.4 Å². The van der Waals surface area contributed by atoms with Crippen molar-refractivity contribution < 1.29 is 19.1 Å². The lowest BCUT2D eigenvalue weighted by atomic mass is 10.1. The zero-order valence-corrected chi connectivity index (χ0v) is 15.5. The van der Waals surface area contributed by atoms with E-state index in [1.165, 1.54) is 4.68 Å². The molecule has 1 aromatic heterocycles. The maximum Gasteiger partial charge on any atom is 0.344 e. The quantitative estimate of drug-likeness (QED) is 0.735. The van der Waals surface area contributed by atoms with Gasteiger partial charge >= 0.3 is 11.9 Å². The second kappa shape index (κ2) is 8.16. The molecule has 0 aliphatic rings. The van der Waals surface area contributed by atoms with Crippen molar-refractivity contribution in [1.82, 2.24) is 9.78 Å². The lowest BCUT2D eigenvalue weighted by Gasteiger charge is -2.08. The van der Waals surface area contributed by atoms with E-state index in [9.17, 15) is 9.59 Å². The molecule has 1 aromatic carbocycles. The van der Waals surface area contributed by atoms with Gasteiger partial charge in [0.2, 0.25) is 0 Å². The average Bonchev–Trinajstić information content (AvgIpc) is 2.81. The van der Waals surface area contributed by atoms with Crippen LogP contribution in [0.2, 0.25) is 5.15 Å². The molecule has 25 heavy (non-hydrogen) atoms. The molecule has 134 valence electrons. The van der Waals surface area contributed by atoms with Gasteiger partial charge in [-0.25, -0.2) is 14.3 Å². The number of esters is 2. The number of carbonyl (C=O) groups is 2. The monoisotopic (exact) mass is 364 g/mol. The van der Waals surface area contributed by atoms with Crippen molar-refractivity contribution in [1.29, 1.82) is 0 Å². The summed E-state index contributed by atoms with van der Waals surface area (Å²) in [5, 5.41) is 4.47. The predicted molar refractivity (Wildman–Crippen MR) is 93.8 cm³/mol. The Morgan fingerprint density at radius 2 is 1.84 bits per heavy atom. The minimum absolute atomic E-state index is 0.158. The molecule has 0 N–H and O–H groups in total. The van der Waals surface area contributed by atoms with Crippen LogP contribution in [0.5, 0.6) is 0 Å². The second-order valence-electron chi connectivity index (χ2n) is 6.01. The number of rotatable bonds is 6. The van der Waals surface area contributed by atoms with Crippen LogP contribution >= 0.6 is 11.6 Å². The van der Waals surface area contributed by atoms with E-state index in [0.29, 0.717) is 12.2 Å². The number of ether oxygens (including phenoxy) is 2. The number of carbonyl (C=O) groups excluding carboxylic acids is 2. The Morgan fingerprint density at radius 1 is 1.20 bits per heavy atom. The maximum absolute atomic E-state index is 12.2. The highest BCUT2D eigenvalue weighted by Crippen LogP contribution is 2.22. The molecular weight excluding hydrogens is 344 g/mol. The van der Waals surface area contributed by atoms with Gasteiger partial charge in [0.25, 0.3) is 0 Å². The predicted octanol–water partition coefficient (Wildman–Crippen LogP) is 3.31. The Morgan fingerprint density at radius 3 is 2.44 bits per heavy atom. The molecule has 0 radical (unpaired) electrons. The summed E-state index contributed by atoms with van der Waals surface area (Å²) in [4.78, 5) is 23.7. The first kappa shape index (κ1) is 19.0. The molecule has 0 fully saturated rings. The summed E-state index contributed by atoms with van der Waals surface area (Å²) in [6, 6.07) is 7.94. The van der Waals surface area contributed by atoms with Gasteiger partial charge in [-0.2, -0.15) is 5.10 Å². The van der Waals surface area contributed by atoms with Gasteiger partial charge in [-0.15, -0.1) is 0 Å². The SMILES string of the molecule is Cc1ccc(Cn2nc(C)c(C(=O)OCC(=O)OC(C)C)c2Cl)cc1. The van der Waals surface area contributed by atoms with Gasteiger partial charge in [0.15, 0.2) is 6.61 Å². The number of aryl methyl sites for hydroxylation is 2.